The molecule has 0 aromatic heterocycles. The molecule has 0 aromatic carbocycles. The molecule has 1 rings (SSSR count). The van der Waals surface area contributed by atoms with Gasteiger partial charge in [-0.3, -0.25) is 0 Å². The Morgan fingerprint density at radius 2 is 0.750 bits per heavy atom. The van der Waals surface area contributed by atoms with Crippen molar-refractivity contribution in [1.82, 2.24) is 0 Å². The minimum absolute atomic E-state index is 0.497. The van der Waals surface area contributed by atoms with Crippen molar-refractivity contribution >= 4 is 0 Å². The van der Waals surface area contributed by atoms with E-state index in [0.29, 0.717) is 12.8 Å². The highest BCUT2D eigenvalue weighted by molar-refractivity contribution is 4.97. The number of rotatable bonds is 16. The summed E-state index contributed by atoms with van der Waals surface area (Å²) in [4.78, 5) is 0. The second-order valence-electron chi connectivity index (χ2n) is 6.98. The quantitative estimate of drug-likeness (QED) is 0.276. The van der Waals surface area contributed by atoms with E-state index in [2.05, 4.69) is 27.7 Å². The number of hydrogen-bond donors (Lipinski definition) is 0. The van der Waals surface area contributed by atoms with Crippen LogP contribution in [0.1, 0.15) is 91.9 Å². The van der Waals surface area contributed by atoms with Crippen LogP contribution >= 0.6 is 0 Å². The molecule has 0 N–H and O–H groups in total. The Morgan fingerprint density at radius 3 is 0.958 bits per heavy atom. The van der Waals surface area contributed by atoms with Crippen molar-refractivity contribution in [2.75, 3.05) is 26.4 Å². The van der Waals surface area contributed by atoms with Gasteiger partial charge in [-0.25, -0.2) is 0 Å². The summed E-state index contributed by atoms with van der Waals surface area (Å²) >= 11 is 0. The van der Waals surface area contributed by atoms with E-state index in [1.165, 1.54) is 0 Å². The second-order valence-corrected chi connectivity index (χ2v) is 6.98. The molecule has 0 aromatic rings. The molecule has 0 radical (unpaired) electrons. The zero-order chi connectivity index (χ0) is 17.7. The summed E-state index contributed by atoms with van der Waals surface area (Å²) in [5.74, 6) is -0.995. The molecule has 1 saturated carbocycles. The molecule has 0 amide bonds. The van der Waals surface area contributed by atoms with Crippen LogP contribution in [0.5, 0.6) is 0 Å². The predicted octanol–water partition coefficient (Wildman–Crippen LogP) is 5.44. The van der Waals surface area contributed by atoms with E-state index in [4.69, 9.17) is 18.9 Å². The second kappa shape index (κ2) is 12.2. The van der Waals surface area contributed by atoms with Gasteiger partial charge in [0.05, 0.1) is 39.3 Å². The lowest BCUT2D eigenvalue weighted by molar-refractivity contribution is -0.407. The maximum absolute atomic E-state index is 6.14. The molecule has 0 unspecified atom stereocenters. The van der Waals surface area contributed by atoms with Gasteiger partial charge in [0.15, 0.2) is 11.6 Å². The summed E-state index contributed by atoms with van der Waals surface area (Å²) in [6.07, 6.45) is 10.2. The van der Waals surface area contributed by atoms with Gasteiger partial charge in [0.2, 0.25) is 0 Å². The van der Waals surface area contributed by atoms with Crippen LogP contribution in [0, 0.1) is 0 Å². The first kappa shape index (κ1) is 21.9. The lowest BCUT2D eigenvalue weighted by atomic mass is 9.82. The van der Waals surface area contributed by atoms with E-state index in [1.54, 1.807) is 0 Å². The predicted molar refractivity (Wildman–Crippen MR) is 98.1 cm³/mol. The lowest BCUT2D eigenvalue weighted by Crippen LogP contribution is -2.62. The van der Waals surface area contributed by atoms with Crippen LogP contribution in [0.3, 0.4) is 0 Å². The minimum Gasteiger partial charge on any atom is -0.349 e. The summed E-state index contributed by atoms with van der Waals surface area (Å²) in [5, 5.41) is 0. The molecule has 4 heteroatoms. The molecule has 0 bridgehead atoms. The van der Waals surface area contributed by atoms with Crippen molar-refractivity contribution in [3.05, 3.63) is 0 Å². The van der Waals surface area contributed by atoms with Crippen molar-refractivity contribution in [3.63, 3.8) is 0 Å². The maximum atomic E-state index is 6.14. The number of hydrogen-bond acceptors (Lipinski definition) is 4. The molecule has 0 spiro atoms. The van der Waals surface area contributed by atoms with Crippen LogP contribution in [-0.2, 0) is 18.9 Å². The summed E-state index contributed by atoms with van der Waals surface area (Å²) < 4.78 is 24.6. The highest BCUT2D eigenvalue weighted by atomic mass is 16.7. The molecule has 0 atom stereocenters. The molecule has 1 aliphatic carbocycles. The van der Waals surface area contributed by atoms with E-state index in [0.717, 1.165) is 77.8 Å². The first-order valence-corrected chi connectivity index (χ1v) is 10.2. The fourth-order valence-electron chi connectivity index (χ4n) is 2.87. The summed E-state index contributed by atoms with van der Waals surface area (Å²) in [7, 11) is 0. The van der Waals surface area contributed by atoms with Crippen molar-refractivity contribution in [2.45, 2.75) is 103 Å². The van der Waals surface area contributed by atoms with Crippen LogP contribution in [0.15, 0.2) is 0 Å². The maximum Gasteiger partial charge on any atom is 0.178 e. The van der Waals surface area contributed by atoms with E-state index in [1.807, 2.05) is 0 Å². The first-order valence-electron chi connectivity index (χ1n) is 10.2. The summed E-state index contributed by atoms with van der Waals surface area (Å²) in [6, 6.07) is 0. The fourth-order valence-corrected chi connectivity index (χ4v) is 2.87. The third-order valence-electron chi connectivity index (χ3n) is 4.53. The van der Waals surface area contributed by atoms with Gasteiger partial charge >= 0.3 is 0 Å². The van der Waals surface area contributed by atoms with Crippen molar-refractivity contribution < 1.29 is 18.9 Å². The smallest absolute Gasteiger partial charge is 0.178 e. The standard InChI is InChI=1S/C20H40O4/c1-5-9-13-21-19(22-14-10-6-2)17-20(18-19,23-15-11-7-3)24-16-12-8-4/h5-18H2,1-4H3. The minimum atomic E-state index is -0.497. The first-order chi connectivity index (χ1) is 11.7. The van der Waals surface area contributed by atoms with Gasteiger partial charge in [-0.15, -0.1) is 0 Å². The average Bonchev–Trinajstić information content (AvgIpc) is 2.54. The zero-order valence-electron chi connectivity index (χ0n) is 16.5. The molecular formula is C20H40O4. The van der Waals surface area contributed by atoms with Gasteiger partial charge in [0.1, 0.15) is 0 Å². The Balaban J connectivity index is 2.58. The molecule has 1 fully saturated rings. The highest BCUT2D eigenvalue weighted by Gasteiger charge is 2.59. The van der Waals surface area contributed by atoms with Crippen LogP contribution in [-0.4, -0.2) is 38.0 Å². The molecule has 0 saturated heterocycles. The van der Waals surface area contributed by atoms with E-state index in [-0.39, 0.29) is 0 Å². The Morgan fingerprint density at radius 1 is 0.500 bits per heavy atom. The Bertz CT molecular complexity index is 248. The van der Waals surface area contributed by atoms with Gasteiger partial charge in [-0.2, -0.15) is 0 Å². The molecular weight excluding hydrogens is 304 g/mol. The molecule has 24 heavy (non-hydrogen) atoms. The third-order valence-corrected chi connectivity index (χ3v) is 4.53. The van der Waals surface area contributed by atoms with Gasteiger partial charge in [0, 0.05) is 0 Å². The number of ether oxygens (including phenoxy) is 4. The van der Waals surface area contributed by atoms with Gasteiger partial charge in [-0.05, 0) is 25.7 Å². The highest BCUT2D eigenvalue weighted by Crippen LogP contribution is 2.48. The molecule has 0 heterocycles. The van der Waals surface area contributed by atoms with E-state index < -0.39 is 11.6 Å². The molecule has 4 nitrogen and oxygen atoms in total. The van der Waals surface area contributed by atoms with Crippen LogP contribution < -0.4 is 0 Å². The van der Waals surface area contributed by atoms with Crippen molar-refractivity contribution in [2.24, 2.45) is 0 Å². The van der Waals surface area contributed by atoms with Crippen LogP contribution in [0.4, 0.5) is 0 Å². The van der Waals surface area contributed by atoms with E-state index >= 15 is 0 Å². The van der Waals surface area contributed by atoms with Gasteiger partial charge in [0.25, 0.3) is 0 Å². The SMILES string of the molecule is CCCCOC1(OCCCC)CC(OCCCC)(OCCCC)C1. The number of unbranched alkanes of at least 4 members (excludes halogenated alkanes) is 4. The van der Waals surface area contributed by atoms with Gasteiger partial charge in [-0.1, -0.05) is 53.4 Å². The summed E-state index contributed by atoms with van der Waals surface area (Å²) in [6.45, 7) is 11.7. The monoisotopic (exact) mass is 344 g/mol. The average molecular weight is 345 g/mol. The third kappa shape index (κ3) is 7.38. The van der Waals surface area contributed by atoms with Crippen molar-refractivity contribution in [1.29, 1.82) is 0 Å². The lowest BCUT2D eigenvalue weighted by Gasteiger charge is -2.53. The molecule has 0 aliphatic heterocycles. The summed E-state index contributed by atoms with van der Waals surface area (Å²) in [5.41, 5.74) is 0. The van der Waals surface area contributed by atoms with E-state index in [9.17, 15) is 0 Å². The molecule has 144 valence electrons. The Hall–Kier alpha value is -0.160. The normalized spacial score (nSPS) is 18.5. The van der Waals surface area contributed by atoms with Crippen molar-refractivity contribution in [3.8, 4) is 0 Å². The van der Waals surface area contributed by atoms with Gasteiger partial charge < -0.3 is 18.9 Å². The largest absolute Gasteiger partial charge is 0.349 e. The molecule has 1 aliphatic rings. The zero-order valence-corrected chi connectivity index (χ0v) is 16.5. The Labute approximate surface area is 149 Å². The van der Waals surface area contributed by atoms with Crippen LogP contribution in [0.25, 0.3) is 0 Å². The topological polar surface area (TPSA) is 36.9 Å². The van der Waals surface area contributed by atoms with Crippen LogP contribution in [0.2, 0.25) is 0 Å². The Kier molecular flexibility index (Phi) is 11.2. The fraction of sp³-hybridized carbons (Fsp3) is 1.00.